The zero-order chi connectivity index (χ0) is 21.0. The quantitative estimate of drug-likeness (QED) is 0.772. The second kappa shape index (κ2) is 9.19. The molecule has 0 spiro atoms. The smallest absolute Gasteiger partial charge is 0.410 e. The van der Waals surface area contributed by atoms with Crippen molar-refractivity contribution >= 4 is 6.09 Å². The molecule has 2 saturated heterocycles. The second-order valence-electron chi connectivity index (χ2n) is 8.22. The van der Waals surface area contributed by atoms with Gasteiger partial charge in [-0.3, -0.25) is 4.90 Å². The molecule has 162 valence electrons. The highest BCUT2D eigenvalue weighted by atomic mass is 16.7. The van der Waals surface area contributed by atoms with E-state index in [9.17, 15) is 9.90 Å². The molecular formula is C21H31NO7. The van der Waals surface area contributed by atoms with Gasteiger partial charge in [-0.2, -0.15) is 0 Å². The molecule has 1 aromatic carbocycles. The Kier molecular flexibility index (Phi) is 6.87. The van der Waals surface area contributed by atoms with Crippen LogP contribution in [0.25, 0.3) is 0 Å². The van der Waals surface area contributed by atoms with Crippen molar-refractivity contribution < 1.29 is 33.6 Å². The number of hydrogen-bond acceptors (Lipinski definition) is 7. The average Bonchev–Trinajstić information content (AvgIpc) is 3.30. The molecule has 2 aliphatic rings. The Morgan fingerprint density at radius 2 is 2.00 bits per heavy atom. The summed E-state index contributed by atoms with van der Waals surface area (Å²) in [5.41, 5.74) is 0.324. The van der Waals surface area contributed by atoms with Gasteiger partial charge < -0.3 is 28.8 Å². The first-order valence-electron chi connectivity index (χ1n) is 9.98. The summed E-state index contributed by atoms with van der Waals surface area (Å²) in [4.78, 5) is 14.0. The van der Waals surface area contributed by atoms with Crippen LogP contribution in [-0.2, 0) is 20.6 Å². The highest BCUT2D eigenvalue weighted by Gasteiger charge is 2.40. The van der Waals surface area contributed by atoms with E-state index >= 15 is 0 Å². The third kappa shape index (κ3) is 5.52. The molecule has 2 aliphatic heterocycles. The summed E-state index contributed by atoms with van der Waals surface area (Å²) in [5, 5.41) is 9.88. The van der Waals surface area contributed by atoms with Crippen molar-refractivity contribution in [2.75, 3.05) is 33.5 Å². The van der Waals surface area contributed by atoms with Crippen molar-refractivity contribution in [3.63, 3.8) is 0 Å². The van der Waals surface area contributed by atoms with E-state index in [1.807, 2.05) is 39.0 Å². The summed E-state index contributed by atoms with van der Waals surface area (Å²) in [6.07, 6.45) is 0.110. The Bertz CT molecular complexity index is 697. The van der Waals surface area contributed by atoms with Crippen LogP contribution < -0.4 is 9.47 Å². The molecule has 0 bridgehead atoms. The highest BCUT2D eigenvalue weighted by Crippen LogP contribution is 2.30. The van der Waals surface area contributed by atoms with E-state index in [0.29, 0.717) is 38.3 Å². The number of carbonyl (C=O) groups excluding carboxylic acids is 1. The van der Waals surface area contributed by atoms with Crippen LogP contribution in [-0.4, -0.2) is 73.6 Å². The Morgan fingerprint density at radius 3 is 2.62 bits per heavy atom. The first kappa shape index (κ1) is 21.7. The lowest BCUT2D eigenvalue weighted by molar-refractivity contribution is -0.0403. The van der Waals surface area contributed by atoms with E-state index in [-0.39, 0.29) is 19.0 Å². The fraction of sp³-hybridized carbons (Fsp3) is 0.667. The lowest BCUT2D eigenvalue weighted by Gasteiger charge is -2.29. The molecule has 0 radical (unpaired) electrons. The van der Waals surface area contributed by atoms with Crippen molar-refractivity contribution in [2.24, 2.45) is 0 Å². The van der Waals surface area contributed by atoms with E-state index in [4.69, 9.17) is 23.7 Å². The van der Waals surface area contributed by atoms with Gasteiger partial charge in [-0.25, -0.2) is 4.79 Å². The van der Waals surface area contributed by atoms with E-state index in [0.717, 1.165) is 11.3 Å². The van der Waals surface area contributed by atoms with Crippen LogP contribution in [0.1, 0.15) is 32.8 Å². The van der Waals surface area contributed by atoms with Crippen molar-refractivity contribution in [2.45, 2.75) is 57.6 Å². The number of ether oxygens (including phenoxy) is 5. The van der Waals surface area contributed by atoms with Gasteiger partial charge in [0.2, 0.25) is 0 Å². The molecule has 0 aliphatic carbocycles. The van der Waals surface area contributed by atoms with Crippen LogP contribution in [0.2, 0.25) is 0 Å². The Hall–Kier alpha value is -2.03. The number of rotatable bonds is 6. The number of likely N-dealkylation sites (tertiary alicyclic amines) is 1. The van der Waals surface area contributed by atoms with Crippen LogP contribution in [0.4, 0.5) is 4.79 Å². The van der Waals surface area contributed by atoms with Crippen molar-refractivity contribution in [1.29, 1.82) is 0 Å². The number of nitrogens with zero attached hydrogens (tertiary/aromatic N) is 1. The van der Waals surface area contributed by atoms with Crippen molar-refractivity contribution in [1.82, 2.24) is 4.90 Å². The van der Waals surface area contributed by atoms with Gasteiger partial charge in [-0.1, -0.05) is 0 Å². The van der Waals surface area contributed by atoms with Gasteiger partial charge >= 0.3 is 6.09 Å². The summed E-state index contributed by atoms with van der Waals surface area (Å²) in [7, 11) is 1.62. The van der Waals surface area contributed by atoms with E-state index in [1.165, 1.54) is 0 Å². The third-order valence-corrected chi connectivity index (χ3v) is 4.92. The SMILES string of the molecule is COc1ccc(O[C@H]2CCN(C(=O)OC(C)(C)C)[C@@H]2CO)cc1CC1OCCO1. The van der Waals surface area contributed by atoms with Crippen LogP contribution in [0, 0.1) is 0 Å². The van der Waals surface area contributed by atoms with Gasteiger partial charge in [0.25, 0.3) is 0 Å². The van der Waals surface area contributed by atoms with Gasteiger partial charge in [0.1, 0.15) is 23.2 Å². The molecule has 1 amide bonds. The minimum atomic E-state index is -0.592. The number of carbonyl (C=O) groups is 1. The van der Waals surface area contributed by atoms with Crippen LogP contribution in [0.15, 0.2) is 18.2 Å². The molecule has 29 heavy (non-hydrogen) atoms. The summed E-state index contributed by atoms with van der Waals surface area (Å²) in [6.45, 7) is 6.90. The first-order valence-corrected chi connectivity index (χ1v) is 9.98. The van der Waals surface area contributed by atoms with Crippen LogP contribution >= 0.6 is 0 Å². The maximum Gasteiger partial charge on any atom is 0.410 e. The number of aliphatic hydroxyl groups is 1. The minimum Gasteiger partial charge on any atom is -0.496 e. The maximum atomic E-state index is 12.5. The Labute approximate surface area is 171 Å². The summed E-state index contributed by atoms with van der Waals surface area (Å²) < 4.78 is 28.1. The molecule has 3 rings (SSSR count). The number of hydrogen-bond donors (Lipinski definition) is 1. The zero-order valence-electron chi connectivity index (χ0n) is 17.6. The molecule has 0 saturated carbocycles. The monoisotopic (exact) mass is 409 g/mol. The highest BCUT2D eigenvalue weighted by molar-refractivity contribution is 5.69. The summed E-state index contributed by atoms with van der Waals surface area (Å²) >= 11 is 0. The Balaban J connectivity index is 1.69. The molecule has 1 N–H and O–H groups in total. The van der Waals surface area contributed by atoms with E-state index < -0.39 is 17.7 Å². The Morgan fingerprint density at radius 1 is 1.28 bits per heavy atom. The topological polar surface area (TPSA) is 86.7 Å². The molecule has 2 atom stereocenters. The third-order valence-electron chi connectivity index (χ3n) is 4.92. The molecule has 2 fully saturated rings. The second-order valence-corrected chi connectivity index (χ2v) is 8.22. The lowest BCUT2D eigenvalue weighted by atomic mass is 10.1. The fourth-order valence-corrected chi connectivity index (χ4v) is 3.59. The number of amides is 1. The molecule has 0 unspecified atom stereocenters. The molecule has 8 nitrogen and oxygen atoms in total. The van der Waals surface area contributed by atoms with Gasteiger partial charge in [0.15, 0.2) is 6.29 Å². The molecular weight excluding hydrogens is 378 g/mol. The van der Waals surface area contributed by atoms with Gasteiger partial charge in [0, 0.05) is 24.9 Å². The first-order chi connectivity index (χ1) is 13.8. The molecule has 8 heteroatoms. The van der Waals surface area contributed by atoms with Gasteiger partial charge in [-0.05, 0) is 39.0 Å². The number of aliphatic hydroxyl groups excluding tert-OH is 1. The number of methoxy groups -OCH3 is 1. The maximum absolute atomic E-state index is 12.5. The normalized spacial score (nSPS) is 22.7. The molecule has 2 heterocycles. The van der Waals surface area contributed by atoms with Crippen LogP contribution in [0.5, 0.6) is 11.5 Å². The van der Waals surface area contributed by atoms with E-state index in [2.05, 4.69) is 0 Å². The van der Waals surface area contributed by atoms with Gasteiger partial charge in [0.05, 0.1) is 33.0 Å². The predicted molar refractivity (Wildman–Crippen MR) is 105 cm³/mol. The summed E-state index contributed by atoms with van der Waals surface area (Å²) in [5.74, 6) is 1.38. The number of benzene rings is 1. The minimum absolute atomic E-state index is 0.198. The summed E-state index contributed by atoms with van der Waals surface area (Å²) in [6, 6.07) is 5.10. The van der Waals surface area contributed by atoms with E-state index in [1.54, 1.807) is 12.0 Å². The average molecular weight is 409 g/mol. The van der Waals surface area contributed by atoms with Crippen LogP contribution in [0.3, 0.4) is 0 Å². The largest absolute Gasteiger partial charge is 0.496 e. The predicted octanol–water partition coefficient (Wildman–Crippen LogP) is 2.36. The lowest BCUT2D eigenvalue weighted by Crippen LogP contribution is -2.45. The van der Waals surface area contributed by atoms with Crippen molar-refractivity contribution in [3.05, 3.63) is 23.8 Å². The zero-order valence-corrected chi connectivity index (χ0v) is 17.6. The molecule has 1 aromatic rings. The van der Waals surface area contributed by atoms with Gasteiger partial charge in [-0.15, -0.1) is 0 Å². The standard InChI is InChI=1S/C21H31NO7/c1-21(2,3)29-20(24)22-8-7-18(16(22)13-23)28-15-5-6-17(25-4)14(11-15)12-19-26-9-10-27-19/h5-6,11,16,18-19,23H,7-10,12-13H2,1-4H3/t16-,18+/m1/s1. The fourth-order valence-electron chi connectivity index (χ4n) is 3.59. The van der Waals surface area contributed by atoms with Crippen molar-refractivity contribution in [3.8, 4) is 11.5 Å². The molecule has 0 aromatic heterocycles.